The van der Waals surface area contributed by atoms with E-state index in [0.29, 0.717) is 30.6 Å². The van der Waals surface area contributed by atoms with E-state index in [-0.39, 0.29) is 0 Å². The van der Waals surface area contributed by atoms with E-state index in [2.05, 4.69) is 61.5 Å². The van der Waals surface area contributed by atoms with Crippen LogP contribution < -0.4 is 11.2 Å². The SMILES string of the molecule is CC(CC(CN)NN1C(C)CCCC1C)c1ccccc1. The van der Waals surface area contributed by atoms with Gasteiger partial charge in [-0.2, -0.15) is 0 Å². The minimum atomic E-state index is 0.350. The Balaban J connectivity index is 1.93. The van der Waals surface area contributed by atoms with Gasteiger partial charge in [0.25, 0.3) is 0 Å². The lowest BCUT2D eigenvalue weighted by molar-refractivity contribution is 0.0284. The summed E-state index contributed by atoms with van der Waals surface area (Å²) in [4.78, 5) is 0. The molecule has 0 radical (unpaired) electrons. The smallest absolute Gasteiger partial charge is 0.0343 e. The van der Waals surface area contributed by atoms with Crippen molar-refractivity contribution in [3.05, 3.63) is 35.9 Å². The molecule has 1 fully saturated rings. The Bertz CT molecular complexity index is 396. The molecule has 0 saturated carbocycles. The number of hydrogen-bond donors (Lipinski definition) is 2. The highest BCUT2D eigenvalue weighted by Gasteiger charge is 2.26. The van der Waals surface area contributed by atoms with Crippen LogP contribution in [0.1, 0.15) is 57.9 Å². The Kier molecular flexibility index (Phi) is 6.22. The Labute approximate surface area is 129 Å². The Hall–Kier alpha value is -0.900. The van der Waals surface area contributed by atoms with E-state index in [1.165, 1.54) is 24.8 Å². The predicted octanol–water partition coefficient (Wildman–Crippen LogP) is 3.28. The first-order chi connectivity index (χ1) is 10.1. The first kappa shape index (κ1) is 16.5. The fraction of sp³-hybridized carbons (Fsp3) is 0.667. The largest absolute Gasteiger partial charge is 0.329 e. The molecule has 3 heteroatoms. The normalized spacial score (nSPS) is 26.5. The Morgan fingerprint density at radius 1 is 1.19 bits per heavy atom. The summed E-state index contributed by atoms with van der Waals surface area (Å²) in [6, 6.07) is 12.3. The van der Waals surface area contributed by atoms with Crippen LogP contribution in [0.5, 0.6) is 0 Å². The van der Waals surface area contributed by atoms with Gasteiger partial charge in [-0.1, -0.05) is 43.7 Å². The van der Waals surface area contributed by atoms with Crippen molar-refractivity contribution < 1.29 is 0 Å². The summed E-state index contributed by atoms with van der Waals surface area (Å²) in [6.45, 7) is 7.61. The van der Waals surface area contributed by atoms with Crippen molar-refractivity contribution in [1.82, 2.24) is 10.4 Å². The number of hydrazine groups is 1. The zero-order chi connectivity index (χ0) is 15.2. The summed E-state index contributed by atoms with van der Waals surface area (Å²) in [5.74, 6) is 0.530. The van der Waals surface area contributed by atoms with E-state index in [4.69, 9.17) is 5.73 Å². The molecule has 1 aromatic carbocycles. The molecule has 0 aliphatic carbocycles. The van der Waals surface area contributed by atoms with Gasteiger partial charge < -0.3 is 5.73 Å². The van der Waals surface area contributed by atoms with Gasteiger partial charge in [0, 0.05) is 24.7 Å². The summed E-state index contributed by atoms with van der Waals surface area (Å²) in [5.41, 5.74) is 11.1. The van der Waals surface area contributed by atoms with Gasteiger partial charge in [-0.15, -0.1) is 0 Å². The standard InChI is InChI=1S/C18H31N3/c1-14(17-10-5-4-6-11-17)12-18(13-19)20-21-15(2)8-7-9-16(21)3/h4-6,10-11,14-16,18,20H,7-9,12-13,19H2,1-3H3. The van der Waals surface area contributed by atoms with E-state index in [0.717, 1.165) is 6.42 Å². The summed E-state index contributed by atoms with van der Waals surface area (Å²) in [5, 5.41) is 2.44. The highest BCUT2D eigenvalue weighted by Crippen LogP contribution is 2.23. The number of hydrogen-bond acceptors (Lipinski definition) is 3. The monoisotopic (exact) mass is 289 g/mol. The molecular formula is C18H31N3. The molecule has 118 valence electrons. The number of nitrogens with zero attached hydrogens (tertiary/aromatic N) is 1. The summed E-state index contributed by atoms with van der Waals surface area (Å²) in [6.07, 6.45) is 4.98. The van der Waals surface area contributed by atoms with Gasteiger partial charge >= 0.3 is 0 Å². The molecule has 21 heavy (non-hydrogen) atoms. The maximum absolute atomic E-state index is 6.02. The van der Waals surface area contributed by atoms with Crippen LogP contribution in [0.2, 0.25) is 0 Å². The molecule has 2 rings (SSSR count). The second kappa shape index (κ2) is 7.92. The van der Waals surface area contributed by atoms with Crippen LogP contribution in [0.3, 0.4) is 0 Å². The molecule has 0 bridgehead atoms. The van der Waals surface area contributed by atoms with Crippen LogP contribution in [0.25, 0.3) is 0 Å². The highest BCUT2D eigenvalue weighted by atomic mass is 15.5. The van der Waals surface area contributed by atoms with Crippen LogP contribution in [0.15, 0.2) is 30.3 Å². The Morgan fingerprint density at radius 2 is 1.81 bits per heavy atom. The third-order valence-corrected chi connectivity index (χ3v) is 4.82. The molecule has 0 amide bonds. The third-order valence-electron chi connectivity index (χ3n) is 4.82. The predicted molar refractivity (Wildman–Crippen MR) is 90.1 cm³/mol. The molecule has 4 atom stereocenters. The molecular weight excluding hydrogens is 258 g/mol. The van der Waals surface area contributed by atoms with Crippen LogP contribution in [-0.2, 0) is 0 Å². The first-order valence-electron chi connectivity index (χ1n) is 8.41. The number of rotatable bonds is 6. The van der Waals surface area contributed by atoms with Gasteiger partial charge in [0.15, 0.2) is 0 Å². The van der Waals surface area contributed by atoms with Gasteiger partial charge in [-0.3, -0.25) is 5.43 Å². The summed E-state index contributed by atoms with van der Waals surface area (Å²) < 4.78 is 0. The molecule has 1 aliphatic rings. The molecule has 3 nitrogen and oxygen atoms in total. The van der Waals surface area contributed by atoms with Crippen LogP contribution in [0.4, 0.5) is 0 Å². The zero-order valence-corrected chi connectivity index (χ0v) is 13.8. The molecule has 1 heterocycles. The van der Waals surface area contributed by atoms with Gasteiger partial charge in [-0.25, -0.2) is 5.01 Å². The number of nitrogens with one attached hydrogen (secondary N) is 1. The van der Waals surface area contributed by atoms with Gasteiger partial charge in [0.1, 0.15) is 0 Å². The van der Waals surface area contributed by atoms with Crippen LogP contribution in [-0.4, -0.2) is 29.7 Å². The molecule has 1 aromatic rings. The fourth-order valence-corrected chi connectivity index (χ4v) is 3.43. The van der Waals surface area contributed by atoms with Crippen molar-refractivity contribution in [2.45, 2.75) is 70.5 Å². The number of nitrogens with two attached hydrogens (primary N) is 1. The average Bonchev–Trinajstić information content (AvgIpc) is 2.50. The molecule has 4 unspecified atom stereocenters. The lowest BCUT2D eigenvalue weighted by Gasteiger charge is -2.41. The van der Waals surface area contributed by atoms with Crippen molar-refractivity contribution in [2.24, 2.45) is 5.73 Å². The second-order valence-corrected chi connectivity index (χ2v) is 6.65. The van der Waals surface area contributed by atoms with Crippen molar-refractivity contribution in [2.75, 3.05) is 6.54 Å². The molecule has 1 saturated heterocycles. The van der Waals surface area contributed by atoms with Crippen molar-refractivity contribution in [3.8, 4) is 0 Å². The molecule has 0 aromatic heterocycles. The van der Waals surface area contributed by atoms with E-state index in [9.17, 15) is 0 Å². The minimum absolute atomic E-state index is 0.350. The number of piperidine rings is 1. The van der Waals surface area contributed by atoms with Crippen molar-refractivity contribution in [3.63, 3.8) is 0 Å². The Morgan fingerprint density at radius 3 is 2.38 bits per heavy atom. The summed E-state index contributed by atoms with van der Waals surface area (Å²) >= 11 is 0. The third kappa shape index (κ3) is 4.53. The number of benzene rings is 1. The average molecular weight is 289 g/mol. The van der Waals surface area contributed by atoms with Crippen molar-refractivity contribution in [1.29, 1.82) is 0 Å². The molecule has 0 spiro atoms. The van der Waals surface area contributed by atoms with Gasteiger partial charge in [0.05, 0.1) is 0 Å². The van der Waals surface area contributed by atoms with Gasteiger partial charge in [-0.05, 0) is 44.6 Å². The minimum Gasteiger partial charge on any atom is -0.329 e. The summed E-state index contributed by atoms with van der Waals surface area (Å²) in [7, 11) is 0. The van der Waals surface area contributed by atoms with Crippen molar-refractivity contribution >= 4 is 0 Å². The maximum Gasteiger partial charge on any atom is 0.0343 e. The second-order valence-electron chi connectivity index (χ2n) is 6.65. The lowest BCUT2D eigenvalue weighted by Crippen LogP contribution is -2.57. The quantitative estimate of drug-likeness (QED) is 0.844. The van der Waals surface area contributed by atoms with E-state index in [1.807, 2.05) is 0 Å². The van der Waals surface area contributed by atoms with E-state index in [1.54, 1.807) is 0 Å². The fourth-order valence-electron chi connectivity index (χ4n) is 3.43. The molecule has 3 N–H and O–H groups in total. The van der Waals surface area contributed by atoms with Crippen LogP contribution in [0, 0.1) is 0 Å². The topological polar surface area (TPSA) is 41.3 Å². The van der Waals surface area contributed by atoms with E-state index >= 15 is 0 Å². The lowest BCUT2D eigenvalue weighted by atomic mass is 9.94. The first-order valence-corrected chi connectivity index (χ1v) is 8.41. The van der Waals surface area contributed by atoms with E-state index < -0.39 is 0 Å². The highest BCUT2D eigenvalue weighted by molar-refractivity contribution is 5.18. The van der Waals surface area contributed by atoms with Crippen LogP contribution >= 0.6 is 0 Å². The van der Waals surface area contributed by atoms with Gasteiger partial charge in [0.2, 0.25) is 0 Å². The maximum atomic E-state index is 6.02. The molecule has 1 aliphatic heterocycles. The zero-order valence-electron chi connectivity index (χ0n) is 13.8.